The molecule has 4 nitrogen and oxygen atoms in total. The molecule has 0 spiro atoms. The lowest BCUT2D eigenvalue weighted by Crippen LogP contribution is -2.28. The fraction of sp³-hybridized carbons (Fsp3) is 0.250. The summed E-state index contributed by atoms with van der Waals surface area (Å²) in [6.07, 6.45) is 5.02. The molecule has 0 heterocycles. The zero-order valence-electron chi connectivity index (χ0n) is 9.42. The van der Waals surface area contributed by atoms with Crippen LogP contribution < -0.4 is 15.4 Å². The molecule has 0 atom stereocenters. The molecule has 0 fully saturated rings. The highest BCUT2D eigenvalue weighted by atomic mass is 19.1. The Bertz CT molecular complexity index is 441. The minimum atomic E-state index is -0.426. The number of methoxy groups -OCH3 is 1. The van der Waals surface area contributed by atoms with Crippen LogP contribution in [-0.2, 0) is 4.79 Å². The normalized spacial score (nSPS) is 9.47. The summed E-state index contributed by atoms with van der Waals surface area (Å²) in [5, 5.41) is 5.33. The molecule has 0 aliphatic rings. The van der Waals surface area contributed by atoms with Crippen molar-refractivity contribution in [1.29, 1.82) is 0 Å². The van der Waals surface area contributed by atoms with Crippen molar-refractivity contribution in [3.05, 3.63) is 24.0 Å². The summed E-state index contributed by atoms with van der Waals surface area (Å²) in [6.45, 7) is 0.401. The molecule has 1 rings (SSSR count). The first-order valence-electron chi connectivity index (χ1n) is 4.95. The van der Waals surface area contributed by atoms with Gasteiger partial charge in [-0.15, -0.1) is 6.42 Å². The van der Waals surface area contributed by atoms with Crippen LogP contribution in [0, 0.1) is 18.2 Å². The van der Waals surface area contributed by atoms with Crippen LogP contribution in [0.5, 0.6) is 5.75 Å². The molecule has 1 amide bonds. The summed E-state index contributed by atoms with van der Waals surface area (Å²) in [6, 6.07) is 3.88. The fourth-order valence-corrected chi connectivity index (χ4v) is 1.21. The Labute approximate surface area is 99.2 Å². The summed E-state index contributed by atoms with van der Waals surface area (Å²) >= 11 is 0. The molecular formula is C12H13FN2O2. The van der Waals surface area contributed by atoms with Gasteiger partial charge in [-0.1, -0.05) is 5.92 Å². The molecule has 0 radical (unpaired) electrons. The van der Waals surface area contributed by atoms with E-state index in [1.165, 1.54) is 25.3 Å². The van der Waals surface area contributed by atoms with Crippen LogP contribution in [0.2, 0.25) is 0 Å². The summed E-state index contributed by atoms with van der Waals surface area (Å²) < 4.78 is 17.8. The maximum Gasteiger partial charge on any atom is 0.238 e. The Morgan fingerprint density at radius 1 is 1.59 bits per heavy atom. The number of halogens is 1. The Morgan fingerprint density at radius 3 is 3.00 bits per heavy atom. The monoisotopic (exact) mass is 236 g/mol. The third-order valence-corrected chi connectivity index (χ3v) is 1.95. The first-order chi connectivity index (χ1) is 8.17. The van der Waals surface area contributed by atoms with Crippen molar-refractivity contribution in [1.82, 2.24) is 5.32 Å². The number of hydrogen-bond donors (Lipinski definition) is 2. The van der Waals surface area contributed by atoms with Crippen LogP contribution in [0.25, 0.3) is 0 Å². The molecule has 17 heavy (non-hydrogen) atoms. The van der Waals surface area contributed by atoms with Gasteiger partial charge in [-0.3, -0.25) is 10.1 Å². The first-order valence-corrected chi connectivity index (χ1v) is 4.95. The Morgan fingerprint density at radius 2 is 2.35 bits per heavy atom. The number of ether oxygens (including phenoxy) is 1. The maximum absolute atomic E-state index is 12.9. The molecule has 0 bridgehead atoms. The van der Waals surface area contributed by atoms with Gasteiger partial charge in [-0.05, 0) is 12.1 Å². The summed E-state index contributed by atoms with van der Waals surface area (Å²) in [5.41, 5.74) is 0.418. The van der Waals surface area contributed by atoms with Gasteiger partial charge in [-0.25, -0.2) is 4.39 Å². The quantitative estimate of drug-likeness (QED) is 0.592. The fourth-order valence-electron chi connectivity index (χ4n) is 1.21. The van der Waals surface area contributed by atoms with E-state index in [-0.39, 0.29) is 18.2 Å². The zero-order valence-corrected chi connectivity index (χ0v) is 9.42. The van der Waals surface area contributed by atoms with Gasteiger partial charge in [0, 0.05) is 6.07 Å². The van der Waals surface area contributed by atoms with E-state index in [9.17, 15) is 9.18 Å². The van der Waals surface area contributed by atoms with Crippen LogP contribution in [0.15, 0.2) is 18.2 Å². The molecule has 0 aliphatic carbocycles. The van der Waals surface area contributed by atoms with E-state index >= 15 is 0 Å². The second-order valence-corrected chi connectivity index (χ2v) is 3.20. The SMILES string of the molecule is C#CCNCC(=O)Nc1ccc(F)cc1OC. The minimum Gasteiger partial charge on any atom is -0.494 e. The van der Waals surface area contributed by atoms with E-state index in [1.54, 1.807) is 0 Å². The number of rotatable bonds is 5. The second kappa shape index (κ2) is 6.51. The van der Waals surface area contributed by atoms with Crippen molar-refractivity contribution in [2.45, 2.75) is 0 Å². The average Bonchev–Trinajstić information content (AvgIpc) is 2.32. The lowest BCUT2D eigenvalue weighted by atomic mass is 10.3. The van der Waals surface area contributed by atoms with Crippen molar-refractivity contribution >= 4 is 11.6 Å². The smallest absolute Gasteiger partial charge is 0.238 e. The van der Waals surface area contributed by atoms with Crippen LogP contribution in [0.1, 0.15) is 0 Å². The van der Waals surface area contributed by atoms with E-state index in [0.29, 0.717) is 12.2 Å². The molecular weight excluding hydrogens is 223 g/mol. The molecule has 0 saturated heterocycles. The van der Waals surface area contributed by atoms with Gasteiger partial charge in [0.1, 0.15) is 11.6 Å². The van der Waals surface area contributed by atoms with Crippen LogP contribution in [0.4, 0.5) is 10.1 Å². The van der Waals surface area contributed by atoms with Gasteiger partial charge in [0.05, 0.1) is 25.9 Å². The predicted octanol–water partition coefficient (Wildman–Crippen LogP) is 0.996. The van der Waals surface area contributed by atoms with Crippen molar-refractivity contribution in [2.75, 3.05) is 25.5 Å². The summed E-state index contributed by atoms with van der Waals surface area (Å²) in [7, 11) is 1.40. The van der Waals surface area contributed by atoms with Gasteiger partial charge in [0.25, 0.3) is 0 Å². The second-order valence-electron chi connectivity index (χ2n) is 3.20. The standard InChI is InChI=1S/C12H13FN2O2/c1-3-6-14-8-12(16)15-10-5-4-9(13)7-11(10)17-2/h1,4-5,7,14H,6,8H2,2H3,(H,15,16). The number of anilines is 1. The number of benzene rings is 1. The van der Waals surface area contributed by atoms with Gasteiger partial charge in [-0.2, -0.15) is 0 Å². The largest absolute Gasteiger partial charge is 0.494 e. The van der Waals surface area contributed by atoms with Gasteiger partial charge in [0.2, 0.25) is 5.91 Å². The molecule has 0 unspecified atom stereocenters. The predicted molar refractivity (Wildman–Crippen MR) is 63.3 cm³/mol. The van der Waals surface area contributed by atoms with E-state index < -0.39 is 5.82 Å². The Kier molecular flexibility index (Phi) is 4.98. The number of terminal acetylenes is 1. The van der Waals surface area contributed by atoms with E-state index in [4.69, 9.17) is 11.2 Å². The van der Waals surface area contributed by atoms with Gasteiger partial charge < -0.3 is 10.1 Å². The van der Waals surface area contributed by atoms with E-state index in [2.05, 4.69) is 16.6 Å². The highest BCUT2D eigenvalue weighted by molar-refractivity contribution is 5.93. The van der Waals surface area contributed by atoms with Crippen LogP contribution >= 0.6 is 0 Å². The van der Waals surface area contributed by atoms with Gasteiger partial charge >= 0.3 is 0 Å². The van der Waals surface area contributed by atoms with Crippen LogP contribution in [-0.4, -0.2) is 26.1 Å². The lowest BCUT2D eigenvalue weighted by Gasteiger charge is -2.10. The molecule has 0 aliphatic heterocycles. The highest BCUT2D eigenvalue weighted by Crippen LogP contribution is 2.24. The van der Waals surface area contributed by atoms with Crippen LogP contribution in [0.3, 0.4) is 0 Å². The first kappa shape index (κ1) is 13.0. The molecule has 5 heteroatoms. The number of amides is 1. The van der Waals surface area contributed by atoms with Crippen molar-refractivity contribution in [3.63, 3.8) is 0 Å². The molecule has 2 N–H and O–H groups in total. The van der Waals surface area contributed by atoms with Gasteiger partial charge in [0.15, 0.2) is 0 Å². The molecule has 1 aromatic carbocycles. The number of hydrogen-bond acceptors (Lipinski definition) is 3. The third kappa shape index (κ3) is 4.13. The Balaban J connectivity index is 2.62. The van der Waals surface area contributed by atoms with E-state index in [0.717, 1.165) is 0 Å². The minimum absolute atomic E-state index is 0.0880. The van der Waals surface area contributed by atoms with Crippen molar-refractivity contribution in [3.8, 4) is 18.1 Å². The highest BCUT2D eigenvalue weighted by Gasteiger charge is 2.07. The summed E-state index contributed by atoms with van der Waals surface area (Å²) in [4.78, 5) is 11.4. The number of nitrogens with one attached hydrogen (secondary N) is 2. The summed E-state index contributed by atoms with van der Waals surface area (Å²) in [5.74, 6) is 1.93. The topological polar surface area (TPSA) is 50.4 Å². The van der Waals surface area contributed by atoms with Crippen molar-refractivity contribution in [2.24, 2.45) is 0 Å². The average molecular weight is 236 g/mol. The molecule has 1 aromatic rings. The number of carbonyl (C=O) groups is 1. The number of carbonyl (C=O) groups excluding carboxylic acids is 1. The molecule has 0 saturated carbocycles. The maximum atomic E-state index is 12.9. The zero-order chi connectivity index (χ0) is 12.7. The molecule has 0 aromatic heterocycles. The third-order valence-electron chi connectivity index (χ3n) is 1.95. The Hall–Kier alpha value is -2.06. The van der Waals surface area contributed by atoms with Crippen molar-refractivity contribution < 1.29 is 13.9 Å². The molecule has 90 valence electrons. The lowest BCUT2D eigenvalue weighted by molar-refractivity contribution is -0.115. The van der Waals surface area contributed by atoms with E-state index in [1.807, 2.05) is 0 Å².